The Bertz CT molecular complexity index is 328. The number of hydrazone groups is 1. The molecule has 1 aromatic rings. The molecule has 0 amide bonds. The van der Waals surface area contributed by atoms with E-state index in [2.05, 4.69) is 5.10 Å². The van der Waals surface area contributed by atoms with Crippen molar-refractivity contribution in [1.82, 2.24) is 0 Å². The van der Waals surface area contributed by atoms with Crippen molar-refractivity contribution in [2.24, 2.45) is 16.7 Å². The first-order chi connectivity index (χ1) is 7.20. The molecule has 1 unspecified atom stereocenters. The minimum atomic E-state index is -1.22. The van der Waals surface area contributed by atoms with Crippen molar-refractivity contribution < 1.29 is 9.84 Å². The van der Waals surface area contributed by atoms with E-state index in [1.807, 2.05) is 6.07 Å². The minimum absolute atomic E-state index is 0.0319. The maximum absolute atomic E-state index is 9.56. The van der Waals surface area contributed by atoms with Crippen molar-refractivity contribution in [3.8, 4) is 0 Å². The molecule has 1 atom stereocenters. The van der Waals surface area contributed by atoms with Crippen LogP contribution in [-0.4, -0.2) is 24.6 Å². The van der Waals surface area contributed by atoms with E-state index in [1.54, 1.807) is 24.3 Å². The average molecular weight is 210 g/mol. The fraction of sp³-hybridized carbons (Fsp3) is 0.222. The molecule has 15 heavy (non-hydrogen) atoms. The van der Waals surface area contributed by atoms with Crippen LogP contribution >= 0.6 is 0 Å². The molecule has 0 aliphatic rings. The summed E-state index contributed by atoms with van der Waals surface area (Å²) in [7, 11) is 1.35. The number of nitrogens with two attached hydrogens (primary N) is 2. The molecular formula is C9H14N4O2. The first kappa shape index (κ1) is 11.3. The van der Waals surface area contributed by atoms with E-state index in [-0.39, 0.29) is 5.96 Å². The molecule has 0 saturated carbocycles. The fourth-order valence-corrected chi connectivity index (χ4v) is 1.13. The summed E-state index contributed by atoms with van der Waals surface area (Å²) in [6, 6.07) is 8.94. The van der Waals surface area contributed by atoms with Crippen LogP contribution in [0.3, 0.4) is 0 Å². The van der Waals surface area contributed by atoms with Gasteiger partial charge in [-0.05, 0) is 12.1 Å². The SMILES string of the molecule is COC(O)N(/C(N)=N/N)c1ccccc1. The molecule has 0 saturated heterocycles. The van der Waals surface area contributed by atoms with Gasteiger partial charge in [-0.15, -0.1) is 5.10 Å². The maximum atomic E-state index is 9.56. The quantitative estimate of drug-likeness (QED) is 0.207. The number of benzene rings is 1. The number of nitrogens with zero attached hydrogens (tertiary/aromatic N) is 2. The lowest BCUT2D eigenvalue weighted by Gasteiger charge is -2.26. The predicted octanol–water partition coefficient (Wildman–Crippen LogP) is -0.396. The Morgan fingerprint density at radius 2 is 2.07 bits per heavy atom. The van der Waals surface area contributed by atoms with Crippen LogP contribution in [0.2, 0.25) is 0 Å². The standard InChI is InChI=1S/C9H14N4O2/c1-15-9(14)13(8(10)12-11)7-5-3-2-4-6-7/h2-6,9,14H,11H2,1H3,(H2,10,12). The van der Waals surface area contributed by atoms with Crippen LogP contribution in [0.4, 0.5) is 5.69 Å². The van der Waals surface area contributed by atoms with E-state index in [0.29, 0.717) is 5.69 Å². The van der Waals surface area contributed by atoms with E-state index in [4.69, 9.17) is 16.3 Å². The third kappa shape index (κ3) is 2.58. The van der Waals surface area contributed by atoms with Gasteiger partial charge in [-0.1, -0.05) is 18.2 Å². The van der Waals surface area contributed by atoms with Crippen LogP contribution in [0.25, 0.3) is 0 Å². The molecule has 6 heteroatoms. The van der Waals surface area contributed by atoms with Gasteiger partial charge in [0.15, 0.2) is 0 Å². The zero-order valence-electron chi connectivity index (χ0n) is 8.37. The maximum Gasteiger partial charge on any atom is 0.244 e. The molecule has 0 aliphatic heterocycles. The second kappa shape index (κ2) is 5.18. The molecular weight excluding hydrogens is 196 g/mol. The molecule has 1 rings (SSSR count). The summed E-state index contributed by atoms with van der Waals surface area (Å²) in [5.41, 5.74) is 6.17. The first-order valence-electron chi connectivity index (χ1n) is 4.29. The number of rotatable bonds is 3. The average Bonchev–Trinajstić information content (AvgIpc) is 2.30. The van der Waals surface area contributed by atoms with Gasteiger partial charge in [-0.3, -0.25) is 4.90 Å². The molecule has 0 radical (unpaired) electrons. The summed E-state index contributed by atoms with van der Waals surface area (Å²) in [6.45, 7) is 0. The normalized spacial score (nSPS) is 13.6. The van der Waals surface area contributed by atoms with E-state index >= 15 is 0 Å². The third-order valence-corrected chi connectivity index (χ3v) is 1.85. The zero-order valence-corrected chi connectivity index (χ0v) is 8.37. The molecule has 0 bridgehead atoms. The van der Waals surface area contributed by atoms with Crippen LogP contribution in [0, 0.1) is 0 Å². The number of ether oxygens (including phenoxy) is 1. The van der Waals surface area contributed by atoms with E-state index in [0.717, 1.165) is 0 Å². The molecule has 0 aliphatic carbocycles. The third-order valence-electron chi connectivity index (χ3n) is 1.85. The molecule has 0 fully saturated rings. The van der Waals surface area contributed by atoms with Gasteiger partial charge in [-0.25, -0.2) is 0 Å². The fourth-order valence-electron chi connectivity index (χ4n) is 1.13. The number of guanidine groups is 1. The Labute approximate surface area is 87.7 Å². The summed E-state index contributed by atoms with van der Waals surface area (Å²) in [6.07, 6.45) is -1.22. The Kier molecular flexibility index (Phi) is 3.90. The van der Waals surface area contributed by atoms with Gasteiger partial charge in [0.25, 0.3) is 0 Å². The van der Waals surface area contributed by atoms with Gasteiger partial charge in [0.1, 0.15) is 0 Å². The van der Waals surface area contributed by atoms with Crippen LogP contribution < -0.4 is 16.5 Å². The highest BCUT2D eigenvalue weighted by Crippen LogP contribution is 2.15. The molecule has 5 N–H and O–H groups in total. The number of aliphatic hydroxyl groups excluding tert-OH is 1. The summed E-state index contributed by atoms with van der Waals surface area (Å²) in [4.78, 5) is 1.26. The number of methoxy groups -OCH3 is 1. The summed E-state index contributed by atoms with van der Waals surface area (Å²) in [5, 5.41) is 12.9. The number of aliphatic hydroxyl groups is 1. The largest absolute Gasteiger partial charge is 0.368 e. The van der Waals surface area contributed by atoms with Gasteiger partial charge in [-0.2, -0.15) is 0 Å². The highest BCUT2D eigenvalue weighted by molar-refractivity contribution is 5.94. The first-order valence-corrected chi connectivity index (χ1v) is 4.29. The van der Waals surface area contributed by atoms with Crippen LogP contribution in [0.15, 0.2) is 35.4 Å². The monoisotopic (exact) mass is 210 g/mol. The van der Waals surface area contributed by atoms with Crippen molar-refractivity contribution >= 4 is 11.6 Å². The Morgan fingerprint density at radius 1 is 1.47 bits per heavy atom. The van der Waals surface area contributed by atoms with Gasteiger partial charge in [0.2, 0.25) is 12.4 Å². The highest BCUT2D eigenvalue weighted by atomic mass is 16.6. The lowest BCUT2D eigenvalue weighted by Crippen LogP contribution is -2.46. The van der Waals surface area contributed by atoms with Crippen molar-refractivity contribution in [2.45, 2.75) is 6.41 Å². The van der Waals surface area contributed by atoms with Gasteiger partial charge in [0.05, 0.1) is 0 Å². The Morgan fingerprint density at radius 3 is 2.53 bits per heavy atom. The van der Waals surface area contributed by atoms with E-state index < -0.39 is 6.41 Å². The Hall–Kier alpha value is -1.79. The number of hydrogen-bond donors (Lipinski definition) is 3. The van der Waals surface area contributed by atoms with Crippen molar-refractivity contribution in [3.05, 3.63) is 30.3 Å². The van der Waals surface area contributed by atoms with Crippen molar-refractivity contribution in [1.29, 1.82) is 0 Å². The second-order valence-corrected chi connectivity index (χ2v) is 2.75. The topological polar surface area (TPSA) is 97.1 Å². The van der Waals surface area contributed by atoms with Gasteiger partial charge < -0.3 is 21.4 Å². The molecule has 6 nitrogen and oxygen atoms in total. The van der Waals surface area contributed by atoms with Crippen LogP contribution in [-0.2, 0) is 4.74 Å². The second-order valence-electron chi connectivity index (χ2n) is 2.75. The molecule has 0 aromatic heterocycles. The lowest BCUT2D eigenvalue weighted by molar-refractivity contribution is -0.0653. The van der Waals surface area contributed by atoms with Crippen molar-refractivity contribution in [3.63, 3.8) is 0 Å². The summed E-state index contributed by atoms with van der Waals surface area (Å²) in [5.74, 6) is 5.03. The van der Waals surface area contributed by atoms with Gasteiger partial charge >= 0.3 is 0 Å². The van der Waals surface area contributed by atoms with Crippen LogP contribution in [0.1, 0.15) is 0 Å². The van der Waals surface area contributed by atoms with Crippen molar-refractivity contribution in [2.75, 3.05) is 12.0 Å². The van der Waals surface area contributed by atoms with E-state index in [9.17, 15) is 5.11 Å². The van der Waals surface area contributed by atoms with Crippen LogP contribution in [0.5, 0.6) is 0 Å². The number of anilines is 1. The van der Waals surface area contributed by atoms with Gasteiger partial charge in [0, 0.05) is 12.8 Å². The lowest BCUT2D eigenvalue weighted by atomic mass is 10.3. The highest BCUT2D eigenvalue weighted by Gasteiger charge is 2.18. The summed E-state index contributed by atoms with van der Waals surface area (Å²) >= 11 is 0. The molecule has 1 aromatic carbocycles. The molecule has 82 valence electrons. The zero-order chi connectivity index (χ0) is 11.3. The molecule has 0 heterocycles. The minimum Gasteiger partial charge on any atom is -0.368 e. The number of hydrogen-bond acceptors (Lipinski definition) is 4. The number of para-hydroxylation sites is 1. The van der Waals surface area contributed by atoms with E-state index in [1.165, 1.54) is 12.0 Å². The summed E-state index contributed by atoms with van der Waals surface area (Å²) < 4.78 is 4.75. The predicted molar refractivity (Wildman–Crippen MR) is 57.7 cm³/mol. The Balaban J connectivity index is 3.02. The molecule has 0 spiro atoms. The smallest absolute Gasteiger partial charge is 0.244 e.